The number of piperidine rings is 1. The summed E-state index contributed by atoms with van der Waals surface area (Å²) in [4.78, 5) is 25.4. The maximum Gasteiger partial charge on any atom is 0.239 e. The van der Waals surface area contributed by atoms with Gasteiger partial charge in [0.2, 0.25) is 11.8 Å². The number of amides is 2. The Hall–Kier alpha value is -1.10. The highest BCUT2D eigenvalue weighted by Gasteiger charge is 2.22. The summed E-state index contributed by atoms with van der Waals surface area (Å²) >= 11 is 0. The zero-order chi connectivity index (χ0) is 13.5. The SMILES string of the molecule is CC(C)NC(=O)CNC(C)C(=O)N1CCCCC1. The molecule has 1 saturated heterocycles. The van der Waals surface area contributed by atoms with E-state index in [1.165, 1.54) is 6.42 Å². The first-order chi connectivity index (χ1) is 8.50. The van der Waals surface area contributed by atoms with Crippen LogP contribution in [0.4, 0.5) is 0 Å². The Labute approximate surface area is 109 Å². The second kappa shape index (κ2) is 7.36. The molecule has 104 valence electrons. The molecule has 1 aliphatic rings. The smallest absolute Gasteiger partial charge is 0.239 e. The van der Waals surface area contributed by atoms with Gasteiger partial charge in [-0.2, -0.15) is 0 Å². The summed E-state index contributed by atoms with van der Waals surface area (Å²) in [6, 6.07) is -0.159. The van der Waals surface area contributed by atoms with Crippen molar-refractivity contribution in [2.75, 3.05) is 19.6 Å². The van der Waals surface area contributed by atoms with Crippen molar-refractivity contribution < 1.29 is 9.59 Å². The van der Waals surface area contributed by atoms with E-state index in [0.29, 0.717) is 0 Å². The predicted molar refractivity (Wildman–Crippen MR) is 71.2 cm³/mol. The second-order valence-corrected chi connectivity index (χ2v) is 5.21. The van der Waals surface area contributed by atoms with E-state index in [1.807, 2.05) is 25.7 Å². The molecular formula is C13H25N3O2. The van der Waals surface area contributed by atoms with Crippen LogP contribution >= 0.6 is 0 Å². The fraction of sp³-hybridized carbons (Fsp3) is 0.846. The molecule has 1 aliphatic heterocycles. The summed E-state index contributed by atoms with van der Waals surface area (Å²) in [7, 11) is 0. The van der Waals surface area contributed by atoms with Gasteiger partial charge in [-0.3, -0.25) is 14.9 Å². The van der Waals surface area contributed by atoms with Crippen LogP contribution in [0.2, 0.25) is 0 Å². The van der Waals surface area contributed by atoms with Crippen LogP contribution < -0.4 is 10.6 Å². The number of nitrogens with one attached hydrogen (secondary N) is 2. The second-order valence-electron chi connectivity index (χ2n) is 5.21. The molecule has 2 amide bonds. The highest BCUT2D eigenvalue weighted by atomic mass is 16.2. The van der Waals surface area contributed by atoms with Gasteiger partial charge >= 0.3 is 0 Å². The minimum absolute atomic E-state index is 0.0664. The van der Waals surface area contributed by atoms with E-state index in [-0.39, 0.29) is 30.4 Å². The summed E-state index contributed by atoms with van der Waals surface area (Å²) in [6.07, 6.45) is 3.39. The van der Waals surface area contributed by atoms with E-state index in [9.17, 15) is 9.59 Å². The third kappa shape index (κ3) is 5.04. The molecule has 18 heavy (non-hydrogen) atoms. The molecule has 0 bridgehead atoms. The molecule has 0 aromatic heterocycles. The van der Waals surface area contributed by atoms with Crippen LogP contribution in [0.25, 0.3) is 0 Å². The van der Waals surface area contributed by atoms with Gasteiger partial charge in [0.15, 0.2) is 0 Å². The Morgan fingerprint density at radius 3 is 2.28 bits per heavy atom. The van der Waals surface area contributed by atoms with E-state index in [1.54, 1.807) is 0 Å². The molecule has 1 rings (SSSR count). The van der Waals surface area contributed by atoms with Crippen LogP contribution in [-0.2, 0) is 9.59 Å². The molecule has 0 aromatic rings. The van der Waals surface area contributed by atoms with Crippen molar-refractivity contribution in [1.29, 1.82) is 0 Å². The van der Waals surface area contributed by atoms with Gasteiger partial charge < -0.3 is 10.2 Å². The van der Waals surface area contributed by atoms with Crippen LogP contribution in [0.15, 0.2) is 0 Å². The molecule has 1 heterocycles. The number of rotatable bonds is 5. The third-order valence-corrected chi connectivity index (χ3v) is 3.06. The van der Waals surface area contributed by atoms with Gasteiger partial charge in [-0.25, -0.2) is 0 Å². The molecule has 5 heteroatoms. The van der Waals surface area contributed by atoms with E-state index in [2.05, 4.69) is 10.6 Å². The van der Waals surface area contributed by atoms with Gasteiger partial charge in [0.1, 0.15) is 0 Å². The van der Waals surface area contributed by atoms with E-state index < -0.39 is 0 Å². The number of nitrogens with zero attached hydrogens (tertiary/aromatic N) is 1. The summed E-state index contributed by atoms with van der Waals surface area (Å²) in [6.45, 7) is 7.55. The Morgan fingerprint density at radius 2 is 1.72 bits per heavy atom. The van der Waals surface area contributed by atoms with E-state index in [4.69, 9.17) is 0 Å². The van der Waals surface area contributed by atoms with Crippen LogP contribution in [0.1, 0.15) is 40.0 Å². The van der Waals surface area contributed by atoms with Crippen molar-refractivity contribution in [2.45, 2.75) is 52.1 Å². The molecule has 0 aromatic carbocycles. The van der Waals surface area contributed by atoms with E-state index in [0.717, 1.165) is 25.9 Å². The quantitative estimate of drug-likeness (QED) is 0.752. The Balaban J connectivity index is 2.28. The number of hydrogen-bond acceptors (Lipinski definition) is 3. The molecule has 2 N–H and O–H groups in total. The molecule has 0 saturated carbocycles. The zero-order valence-electron chi connectivity index (χ0n) is 11.7. The highest BCUT2D eigenvalue weighted by Crippen LogP contribution is 2.09. The first-order valence-corrected chi connectivity index (χ1v) is 6.82. The average molecular weight is 255 g/mol. The van der Waals surface area contributed by atoms with Crippen molar-refractivity contribution in [3.05, 3.63) is 0 Å². The largest absolute Gasteiger partial charge is 0.353 e. The molecule has 0 spiro atoms. The van der Waals surface area contributed by atoms with Crippen molar-refractivity contribution in [2.24, 2.45) is 0 Å². The summed E-state index contributed by atoms with van der Waals surface area (Å²) in [5.74, 6) is 0.0374. The van der Waals surface area contributed by atoms with Crippen molar-refractivity contribution in [3.8, 4) is 0 Å². The lowest BCUT2D eigenvalue weighted by atomic mass is 10.1. The molecular weight excluding hydrogens is 230 g/mol. The van der Waals surface area contributed by atoms with Crippen molar-refractivity contribution >= 4 is 11.8 Å². The fourth-order valence-electron chi connectivity index (χ4n) is 2.09. The first kappa shape index (κ1) is 15.0. The maximum atomic E-state index is 12.1. The number of likely N-dealkylation sites (tertiary alicyclic amines) is 1. The summed E-state index contributed by atoms with van der Waals surface area (Å²) in [5, 5.41) is 5.77. The minimum atomic E-state index is -0.291. The number of carbonyl (C=O) groups excluding carboxylic acids is 2. The van der Waals surface area contributed by atoms with Crippen LogP contribution in [0.3, 0.4) is 0 Å². The van der Waals surface area contributed by atoms with Crippen molar-refractivity contribution in [1.82, 2.24) is 15.5 Å². The van der Waals surface area contributed by atoms with Crippen molar-refractivity contribution in [3.63, 3.8) is 0 Å². The average Bonchev–Trinajstić information content (AvgIpc) is 2.35. The first-order valence-electron chi connectivity index (χ1n) is 6.82. The van der Waals surface area contributed by atoms with Crippen LogP contribution in [-0.4, -0.2) is 48.4 Å². The van der Waals surface area contributed by atoms with Crippen LogP contribution in [0, 0.1) is 0 Å². The highest BCUT2D eigenvalue weighted by molar-refractivity contribution is 5.83. The molecule has 0 aliphatic carbocycles. The van der Waals surface area contributed by atoms with Crippen LogP contribution in [0.5, 0.6) is 0 Å². The molecule has 5 nitrogen and oxygen atoms in total. The summed E-state index contributed by atoms with van der Waals surface area (Å²) < 4.78 is 0. The van der Waals surface area contributed by atoms with Gasteiger partial charge in [0.05, 0.1) is 12.6 Å². The third-order valence-electron chi connectivity index (χ3n) is 3.06. The molecule has 1 fully saturated rings. The molecule has 0 radical (unpaired) electrons. The Kier molecular flexibility index (Phi) is 6.12. The van der Waals surface area contributed by atoms with Gasteiger partial charge in [0.25, 0.3) is 0 Å². The van der Waals surface area contributed by atoms with Gasteiger partial charge in [-0.15, -0.1) is 0 Å². The lowest BCUT2D eigenvalue weighted by Gasteiger charge is -2.29. The zero-order valence-corrected chi connectivity index (χ0v) is 11.7. The summed E-state index contributed by atoms with van der Waals surface area (Å²) in [5.41, 5.74) is 0. The minimum Gasteiger partial charge on any atom is -0.353 e. The van der Waals surface area contributed by atoms with Gasteiger partial charge in [-0.05, 0) is 40.0 Å². The molecule has 1 atom stereocenters. The standard InChI is InChI=1S/C13H25N3O2/c1-10(2)15-12(17)9-14-11(3)13(18)16-7-5-4-6-8-16/h10-11,14H,4-9H2,1-3H3,(H,15,17). The Bertz CT molecular complexity index is 286. The number of hydrogen-bond donors (Lipinski definition) is 2. The fourth-order valence-corrected chi connectivity index (χ4v) is 2.09. The maximum absolute atomic E-state index is 12.1. The monoisotopic (exact) mass is 255 g/mol. The predicted octanol–water partition coefficient (Wildman–Crippen LogP) is 0.502. The van der Waals surface area contributed by atoms with Gasteiger partial charge in [0, 0.05) is 19.1 Å². The number of carbonyl (C=O) groups is 2. The topological polar surface area (TPSA) is 61.4 Å². The lowest BCUT2D eigenvalue weighted by Crippen LogP contribution is -2.49. The molecule has 1 unspecified atom stereocenters. The lowest BCUT2D eigenvalue weighted by molar-refractivity contribution is -0.134. The normalized spacial score (nSPS) is 17.7. The van der Waals surface area contributed by atoms with E-state index >= 15 is 0 Å². The Morgan fingerprint density at radius 1 is 1.11 bits per heavy atom. The van der Waals surface area contributed by atoms with Gasteiger partial charge in [-0.1, -0.05) is 0 Å².